The van der Waals surface area contributed by atoms with Crippen molar-refractivity contribution in [3.63, 3.8) is 0 Å². The number of rotatable bonds is 8. The van der Waals surface area contributed by atoms with Crippen LogP contribution in [0.4, 0.5) is 4.39 Å². The number of nitrogens with two attached hydrogens (primary N) is 1. The highest BCUT2D eigenvalue weighted by molar-refractivity contribution is 5.83. The van der Waals surface area contributed by atoms with Gasteiger partial charge in [-0.05, 0) is 57.9 Å². The van der Waals surface area contributed by atoms with Gasteiger partial charge in [-0.3, -0.25) is 0 Å². The minimum Gasteiger partial charge on any atom is -0.326 e. The van der Waals surface area contributed by atoms with Crippen LogP contribution < -0.4 is 5.73 Å². The molecule has 0 saturated heterocycles. The van der Waals surface area contributed by atoms with Crippen LogP contribution in [-0.4, -0.2) is 0 Å². The highest BCUT2D eigenvalue weighted by atomic mass is 19.1. The molecule has 0 aliphatic rings. The van der Waals surface area contributed by atoms with Crippen molar-refractivity contribution in [2.75, 3.05) is 0 Å². The van der Waals surface area contributed by atoms with Gasteiger partial charge in [0.1, 0.15) is 5.82 Å². The van der Waals surface area contributed by atoms with Gasteiger partial charge >= 0.3 is 0 Å². The molecular formula is C29H30FN. The maximum absolute atomic E-state index is 15.1. The lowest BCUT2D eigenvalue weighted by Gasteiger charge is -2.19. The molecule has 0 heterocycles. The van der Waals surface area contributed by atoms with Gasteiger partial charge in [0, 0.05) is 12.1 Å². The SMILES string of the molecule is CCCCC(Cc1ccc2ccccc2c1)c1ccc(-c2ccc(CN)cc2)c(F)c1. The average Bonchev–Trinajstić information content (AvgIpc) is 2.81. The fourth-order valence-corrected chi connectivity index (χ4v) is 4.33. The molecule has 2 N–H and O–H groups in total. The van der Waals surface area contributed by atoms with Gasteiger partial charge in [-0.25, -0.2) is 4.39 Å². The minimum absolute atomic E-state index is 0.155. The van der Waals surface area contributed by atoms with Crippen molar-refractivity contribution in [2.45, 2.75) is 45.1 Å². The highest BCUT2D eigenvalue weighted by Crippen LogP contribution is 2.31. The molecule has 4 aromatic carbocycles. The molecular weight excluding hydrogens is 381 g/mol. The smallest absolute Gasteiger partial charge is 0.131 e. The Labute approximate surface area is 184 Å². The van der Waals surface area contributed by atoms with Crippen molar-refractivity contribution in [3.05, 3.63) is 107 Å². The Balaban J connectivity index is 1.61. The van der Waals surface area contributed by atoms with Crippen LogP contribution in [-0.2, 0) is 13.0 Å². The van der Waals surface area contributed by atoms with E-state index in [1.165, 1.54) is 16.3 Å². The van der Waals surface area contributed by atoms with E-state index in [2.05, 4.69) is 55.5 Å². The summed E-state index contributed by atoms with van der Waals surface area (Å²) in [4.78, 5) is 0. The number of halogens is 1. The Morgan fingerprint density at radius 1 is 0.806 bits per heavy atom. The van der Waals surface area contributed by atoms with E-state index in [1.807, 2.05) is 30.3 Å². The van der Waals surface area contributed by atoms with Crippen molar-refractivity contribution < 1.29 is 4.39 Å². The molecule has 4 aromatic rings. The Morgan fingerprint density at radius 2 is 1.55 bits per heavy atom. The molecule has 1 unspecified atom stereocenters. The molecule has 31 heavy (non-hydrogen) atoms. The number of fused-ring (bicyclic) bond motifs is 1. The second-order valence-electron chi connectivity index (χ2n) is 8.37. The van der Waals surface area contributed by atoms with Crippen LogP contribution in [0.2, 0.25) is 0 Å². The molecule has 1 atom stereocenters. The van der Waals surface area contributed by atoms with E-state index in [-0.39, 0.29) is 5.82 Å². The molecule has 0 aliphatic carbocycles. The zero-order valence-corrected chi connectivity index (χ0v) is 18.2. The van der Waals surface area contributed by atoms with Crippen molar-refractivity contribution in [1.29, 1.82) is 0 Å². The van der Waals surface area contributed by atoms with Crippen LogP contribution in [0.15, 0.2) is 84.9 Å². The topological polar surface area (TPSA) is 26.0 Å². The van der Waals surface area contributed by atoms with Crippen LogP contribution in [0.1, 0.15) is 48.8 Å². The summed E-state index contributed by atoms with van der Waals surface area (Å²) in [5, 5.41) is 2.52. The first-order valence-electron chi connectivity index (χ1n) is 11.2. The van der Waals surface area contributed by atoms with E-state index in [9.17, 15) is 0 Å². The number of benzene rings is 4. The molecule has 0 fully saturated rings. The monoisotopic (exact) mass is 411 g/mol. The van der Waals surface area contributed by atoms with Crippen LogP contribution in [0.5, 0.6) is 0 Å². The van der Waals surface area contributed by atoms with Gasteiger partial charge < -0.3 is 5.73 Å². The zero-order valence-electron chi connectivity index (χ0n) is 18.2. The quantitative estimate of drug-likeness (QED) is 0.317. The third-order valence-corrected chi connectivity index (χ3v) is 6.17. The Kier molecular flexibility index (Phi) is 6.79. The van der Waals surface area contributed by atoms with E-state index in [4.69, 9.17) is 5.73 Å². The molecule has 0 aromatic heterocycles. The molecule has 4 rings (SSSR count). The van der Waals surface area contributed by atoms with Crippen LogP contribution in [0, 0.1) is 5.82 Å². The van der Waals surface area contributed by atoms with Crippen LogP contribution in [0.25, 0.3) is 21.9 Å². The first kappa shape index (κ1) is 21.3. The van der Waals surface area contributed by atoms with Gasteiger partial charge in [-0.15, -0.1) is 0 Å². The summed E-state index contributed by atoms with van der Waals surface area (Å²) >= 11 is 0. The molecule has 0 bridgehead atoms. The number of hydrogen-bond donors (Lipinski definition) is 1. The molecule has 0 spiro atoms. The van der Waals surface area contributed by atoms with Crippen molar-refractivity contribution in [1.82, 2.24) is 0 Å². The lowest BCUT2D eigenvalue weighted by atomic mass is 9.86. The van der Waals surface area contributed by atoms with E-state index >= 15 is 4.39 Å². The third kappa shape index (κ3) is 5.03. The summed E-state index contributed by atoms with van der Waals surface area (Å²) in [5.74, 6) is 0.155. The number of hydrogen-bond acceptors (Lipinski definition) is 1. The number of unbranched alkanes of at least 4 members (excludes halogenated alkanes) is 1. The van der Waals surface area contributed by atoms with Crippen LogP contribution in [0.3, 0.4) is 0 Å². The van der Waals surface area contributed by atoms with Gasteiger partial charge in [0.2, 0.25) is 0 Å². The summed E-state index contributed by atoms with van der Waals surface area (Å²) in [5.41, 5.74) is 10.7. The standard InChI is InChI=1S/C29H30FN/c1-2-3-6-26(18-22-11-12-23-7-4-5-8-25(23)17-22)27-15-16-28(29(30)19-27)24-13-9-21(20-31)10-14-24/h4-5,7-17,19,26H,2-3,6,18,20,31H2,1H3. The lowest BCUT2D eigenvalue weighted by molar-refractivity contribution is 0.572. The summed E-state index contributed by atoms with van der Waals surface area (Å²) in [6, 6.07) is 28.7. The first-order chi connectivity index (χ1) is 15.2. The van der Waals surface area contributed by atoms with Gasteiger partial charge in [-0.1, -0.05) is 98.6 Å². The second-order valence-corrected chi connectivity index (χ2v) is 8.37. The minimum atomic E-state index is -0.155. The molecule has 0 radical (unpaired) electrons. The first-order valence-corrected chi connectivity index (χ1v) is 11.2. The van der Waals surface area contributed by atoms with E-state index in [0.29, 0.717) is 18.0 Å². The summed E-state index contributed by atoms with van der Waals surface area (Å²) in [6.45, 7) is 2.71. The Morgan fingerprint density at radius 3 is 2.26 bits per heavy atom. The summed E-state index contributed by atoms with van der Waals surface area (Å²) in [7, 11) is 0. The second kappa shape index (κ2) is 9.89. The Bertz CT molecular complexity index is 1150. The lowest BCUT2D eigenvalue weighted by Crippen LogP contribution is -2.04. The molecule has 158 valence electrons. The maximum Gasteiger partial charge on any atom is 0.131 e. The van der Waals surface area contributed by atoms with Crippen LogP contribution >= 0.6 is 0 Å². The van der Waals surface area contributed by atoms with Crippen molar-refractivity contribution in [3.8, 4) is 11.1 Å². The predicted molar refractivity (Wildman–Crippen MR) is 130 cm³/mol. The molecule has 0 aliphatic heterocycles. The normalized spacial score (nSPS) is 12.2. The van der Waals surface area contributed by atoms with Gasteiger partial charge in [0.25, 0.3) is 0 Å². The maximum atomic E-state index is 15.1. The summed E-state index contributed by atoms with van der Waals surface area (Å²) in [6.07, 6.45) is 4.27. The molecule has 0 amide bonds. The van der Waals surface area contributed by atoms with Gasteiger partial charge in [-0.2, -0.15) is 0 Å². The fraction of sp³-hybridized carbons (Fsp3) is 0.241. The zero-order chi connectivity index (χ0) is 21.6. The van der Waals surface area contributed by atoms with E-state index < -0.39 is 0 Å². The summed E-state index contributed by atoms with van der Waals surface area (Å²) < 4.78 is 15.1. The molecule has 1 nitrogen and oxygen atoms in total. The highest BCUT2D eigenvalue weighted by Gasteiger charge is 2.15. The fourth-order valence-electron chi connectivity index (χ4n) is 4.33. The van der Waals surface area contributed by atoms with Crippen molar-refractivity contribution >= 4 is 10.8 Å². The Hall–Kier alpha value is -2.97. The third-order valence-electron chi connectivity index (χ3n) is 6.17. The van der Waals surface area contributed by atoms with Gasteiger partial charge in [0.05, 0.1) is 0 Å². The van der Waals surface area contributed by atoms with Crippen molar-refractivity contribution in [2.24, 2.45) is 5.73 Å². The largest absolute Gasteiger partial charge is 0.326 e. The predicted octanol–water partition coefficient (Wildman–Crippen LogP) is 7.62. The van der Waals surface area contributed by atoms with E-state index in [0.717, 1.165) is 42.4 Å². The molecule has 2 heteroatoms. The van der Waals surface area contributed by atoms with E-state index in [1.54, 1.807) is 6.07 Å². The van der Waals surface area contributed by atoms with Gasteiger partial charge in [0.15, 0.2) is 0 Å². The molecule has 0 saturated carbocycles. The average molecular weight is 412 g/mol.